The maximum absolute atomic E-state index is 12.6. The van der Waals surface area contributed by atoms with E-state index in [-0.39, 0.29) is 18.4 Å². The third-order valence-electron chi connectivity index (χ3n) is 4.35. The first-order chi connectivity index (χ1) is 13.5. The molecule has 1 unspecified atom stereocenters. The van der Waals surface area contributed by atoms with E-state index in [0.29, 0.717) is 36.2 Å². The highest BCUT2D eigenvalue weighted by Crippen LogP contribution is 2.25. The molecule has 1 aromatic carbocycles. The van der Waals surface area contributed by atoms with Crippen LogP contribution >= 0.6 is 11.6 Å². The van der Waals surface area contributed by atoms with Crippen LogP contribution in [0.1, 0.15) is 17.2 Å². The molecule has 1 aliphatic heterocycles. The number of guanidine groups is 1. The van der Waals surface area contributed by atoms with Gasteiger partial charge in [0.2, 0.25) is 0 Å². The first-order valence-corrected chi connectivity index (χ1v) is 9.13. The fraction of sp³-hybridized carbons (Fsp3) is 0.444. The summed E-state index contributed by atoms with van der Waals surface area (Å²) in [6.07, 6.45) is 3.58. The summed E-state index contributed by atoms with van der Waals surface area (Å²) >= 11 is 6.00. The lowest BCUT2D eigenvalue weighted by Crippen LogP contribution is -2.47. The van der Waals surface area contributed by atoms with E-state index in [1.807, 2.05) is 13.2 Å². The van der Waals surface area contributed by atoms with Gasteiger partial charge < -0.3 is 19.7 Å². The summed E-state index contributed by atoms with van der Waals surface area (Å²) in [5, 5.41) is 7.81. The zero-order valence-electron chi connectivity index (χ0n) is 15.6. The number of aromatic nitrogens is 2. The minimum Gasteiger partial charge on any atom is -0.434 e. The molecule has 152 valence electrons. The molecular weight excluding hydrogens is 392 g/mol. The Morgan fingerprint density at radius 2 is 2.32 bits per heavy atom. The molecule has 1 atom stereocenters. The first-order valence-electron chi connectivity index (χ1n) is 8.75. The third kappa shape index (κ3) is 5.11. The number of aliphatic imine (C=N–C) groups is 1. The maximum Gasteiger partial charge on any atom is 0.387 e. The van der Waals surface area contributed by atoms with Crippen molar-refractivity contribution < 1.29 is 18.3 Å². The fourth-order valence-electron chi connectivity index (χ4n) is 3.05. The Kier molecular flexibility index (Phi) is 6.69. The van der Waals surface area contributed by atoms with Gasteiger partial charge in [0.15, 0.2) is 5.96 Å². The lowest BCUT2D eigenvalue weighted by molar-refractivity contribution is -0.0504. The van der Waals surface area contributed by atoms with Crippen molar-refractivity contribution in [3.63, 3.8) is 0 Å². The Morgan fingerprint density at radius 1 is 1.50 bits per heavy atom. The normalized spacial score (nSPS) is 17.9. The highest BCUT2D eigenvalue weighted by molar-refractivity contribution is 6.30. The van der Waals surface area contributed by atoms with Gasteiger partial charge in [0, 0.05) is 49.5 Å². The van der Waals surface area contributed by atoms with Crippen LogP contribution in [0, 0.1) is 0 Å². The number of morpholine rings is 1. The Morgan fingerprint density at radius 3 is 3.00 bits per heavy atom. The zero-order valence-corrected chi connectivity index (χ0v) is 16.4. The van der Waals surface area contributed by atoms with Gasteiger partial charge in [-0.2, -0.15) is 13.9 Å². The predicted molar refractivity (Wildman–Crippen MR) is 102 cm³/mol. The topological polar surface area (TPSA) is 63.9 Å². The zero-order chi connectivity index (χ0) is 20.1. The van der Waals surface area contributed by atoms with Gasteiger partial charge in [-0.1, -0.05) is 11.6 Å². The number of aryl methyl sites for hydroxylation is 1. The van der Waals surface area contributed by atoms with Crippen molar-refractivity contribution in [3.8, 4) is 5.75 Å². The molecule has 3 rings (SSSR count). The van der Waals surface area contributed by atoms with Gasteiger partial charge in [0.25, 0.3) is 0 Å². The molecule has 10 heteroatoms. The van der Waals surface area contributed by atoms with E-state index in [0.717, 1.165) is 5.56 Å². The molecule has 1 aromatic heterocycles. The van der Waals surface area contributed by atoms with Crippen LogP contribution in [0.25, 0.3) is 0 Å². The molecule has 0 aliphatic carbocycles. The maximum atomic E-state index is 12.6. The van der Waals surface area contributed by atoms with E-state index >= 15 is 0 Å². The number of alkyl halides is 2. The van der Waals surface area contributed by atoms with E-state index in [1.165, 1.54) is 12.1 Å². The Bertz CT molecular complexity index is 830. The second-order valence-electron chi connectivity index (χ2n) is 6.28. The van der Waals surface area contributed by atoms with E-state index in [9.17, 15) is 8.78 Å². The van der Waals surface area contributed by atoms with Crippen molar-refractivity contribution in [2.45, 2.75) is 19.3 Å². The number of nitrogens with zero attached hydrogens (tertiary/aromatic N) is 4. The van der Waals surface area contributed by atoms with Gasteiger partial charge in [-0.25, -0.2) is 0 Å². The van der Waals surface area contributed by atoms with Gasteiger partial charge in [0.05, 0.1) is 19.3 Å². The van der Waals surface area contributed by atoms with Crippen molar-refractivity contribution in [2.75, 3.05) is 26.7 Å². The highest BCUT2D eigenvalue weighted by Gasteiger charge is 2.25. The lowest BCUT2D eigenvalue weighted by Gasteiger charge is -2.34. The minimum absolute atomic E-state index is 0.0811. The summed E-state index contributed by atoms with van der Waals surface area (Å²) < 4.78 is 37.4. The molecule has 0 radical (unpaired) electrons. The molecule has 1 fully saturated rings. The number of hydrogen-bond donors (Lipinski definition) is 1. The van der Waals surface area contributed by atoms with Gasteiger partial charge >= 0.3 is 6.61 Å². The molecule has 1 saturated heterocycles. The number of benzene rings is 1. The Hall–Kier alpha value is -2.39. The predicted octanol–water partition coefficient (Wildman–Crippen LogP) is 2.82. The molecule has 1 aliphatic rings. The van der Waals surface area contributed by atoms with Crippen LogP contribution in [0.3, 0.4) is 0 Å². The van der Waals surface area contributed by atoms with Crippen molar-refractivity contribution in [1.29, 1.82) is 0 Å². The molecule has 28 heavy (non-hydrogen) atoms. The molecule has 0 bridgehead atoms. The van der Waals surface area contributed by atoms with Crippen molar-refractivity contribution in [3.05, 3.63) is 46.7 Å². The monoisotopic (exact) mass is 413 g/mol. The van der Waals surface area contributed by atoms with Crippen LogP contribution in [-0.2, 0) is 18.3 Å². The number of nitrogens with one attached hydrogen (secondary N) is 1. The molecular formula is C18H22ClF2N5O2. The Labute approximate surface area is 166 Å². The SMILES string of the molecule is CN=C(NCc1cc(Cl)ccc1OC(F)F)N1CCOC(c2cnn(C)c2)C1. The summed E-state index contributed by atoms with van der Waals surface area (Å²) in [6.45, 7) is -0.867. The average Bonchev–Trinajstić information content (AvgIpc) is 3.11. The van der Waals surface area contributed by atoms with E-state index in [4.69, 9.17) is 16.3 Å². The molecule has 7 nitrogen and oxygen atoms in total. The number of hydrogen-bond acceptors (Lipinski definition) is 4. The number of halogens is 3. The highest BCUT2D eigenvalue weighted by atomic mass is 35.5. The van der Waals surface area contributed by atoms with Crippen molar-refractivity contribution >= 4 is 17.6 Å². The molecule has 0 saturated carbocycles. The molecule has 2 aromatic rings. The minimum atomic E-state index is -2.90. The van der Waals surface area contributed by atoms with E-state index in [2.05, 4.69) is 25.0 Å². The smallest absolute Gasteiger partial charge is 0.387 e. The van der Waals surface area contributed by atoms with Crippen LogP contribution in [0.5, 0.6) is 5.75 Å². The number of ether oxygens (including phenoxy) is 2. The van der Waals surface area contributed by atoms with Crippen LogP contribution in [-0.4, -0.2) is 54.0 Å². The Balaban J connectivity index is 1.67. The quantitative estimate of drug-likeness (QED) is 0.603. The molecule has 0 spiro atoms. The van der Waals surface area contributed by atoms with Crippen molar-refractivity contribution in [1.82, 2.24) is 20.0 Å². The summed E-state index contributed by atoms with van der Waals surface area (Å²) in [5.74, 6) is 0.720. The van der Waals surface area contributed by atoms with Crippen molar-refractivity contribution in [2.24, 2.45) is 12.0 Å². The second-order valence-corrected chi connectivity index (χ2v) is 6.72. The number of rotatable bonds is 5. The second kappa shape index (κ2) is 9.20. The van der Waals surface area contributed by atoms with Crippen LogP contribution in [0.4, 0.5) is 8.78 Å². The van der Waals surface area contributed by atoms with Gasteiger partial charge in [0.1, 0.15) is 11.9 Å². The molecule has 1 N–H and O–H groups in total. The standard InChI is InChI=1S/C18H22ClF2N5O2/c1-22-18(23-8-12-7-14(19)3-4-15(12)28-17(20)21)26-5-6-27-16(11-26)13-9-24-25(2)10-13/h3-4,7,9-10,16-17H,5-6,8,11H2,1-2H3,(H,22,23). The van der Waals surface area contributed by atoms with E-state index < -0.39 is 6.61 Å². The average molecular weight is 414 g/mol. The fourth-order valence-corrected chi connectivity index (χ4v) is 3.25. The van der Waals surface area contributed by atoms with Gasteiger partial charge in [-0.15, -0.1) is 0 Å². The lowest BCUT2D eigenvalue weighted by atomic mass is 10.1. The largest absolute Gasteiger partial charge is 0.434 e. The first kappa shape index (κ1) is 20.3. The summed E-state index contributed by atoms with van der Waals surface area (Å²) in [7, 11) is 3.53. The third-order valence-corrected chi connectivity index (χ3v) is 4.59. The van der Waals surface area contributed by atoms with Crippen LogP contribution in [0.2, 0.25) is 5.02 Å². The molecule has 0 amide bonds. The van der Waals surface area contributed by atoms with Crippen LogP contribution < -0.4 is 10.1 Å². The summed E-state index contributed by atoms with van der Waals surface area (Å²) in [6, 6.07) is 4.54. The molecule has 2 heterocycles. The van der Waals surface area contributed by atoms with Gasteiger partial charge in [-0.3, -0.25) is 9.67 Å². The summed E-state index contributed by atoms with van der Waals surface area (Å²) in [5.41, 5.74) is 1.51. The van der Waals surface area contributed by atoms with E-state index in [1.54, 1.807) is 24.0 Å². The van der Waals surface area contributed by atoms with Gasteiger partial charge in [-0.05, 0) is 18.2 Å². The van der Waals surface area contributed by atoms with Crippen LogP contribution in [0.15, 0.2) is 35.6 Å². The summed E-state index contributed by atoms with van der Waals surface area (Å²) in [4.78, 5) is 6.36.